The minimum atomic E-state index is 0.437. The molecule has 3 saturated heterocycles. The van der Waals surface area contributed by atoms with Crippen molar-refractivity contribution in [2.75, 3.05) is 45.9 Å². The summed E-state index contributed by atoms with van der Waals surface area (Å²) in [6.45, 7) is 12.8. The molecule has 3 heterocycles. The summed E-state index contributed by atoms with van der Waals surface area (Å²) in [6.07, 6.45) is 5.68. The van der Waals surface area contributed by atoms with Crippen LogP contribution in [-0.4, -0.2) is 73.9 Å². The van der Waals surface area contributed by atoms with E-state index in [-0.39, 0.29) is 0 Å². The molecule has 3 rings (SSSR count). The van der Waals surface area contributed by atoms with Crippen LogP contribution in [0.4, 0.5) is 0 Å². The van der Waals surface area contributed by atoms with Gasteiger partial charge in [-0.2, -0.15) is 0 Å². The summed E-state index contributed by atoms with van der Waals surface area (Å²) >= 11 is 0. The number of hydrogen-bond acceptors (Lipinski definition) is 4. The highest BCUT2D eigenvalue weighted by Crippen LogP contribution is 2.24. The summed E-state index contributed by atoms with van der Waals surface area (Å²) < 4.78 is 6.12. The van der Waals surface area contributed by atoms with Crippen LogP contribution < -0.4 is 5.32 Å². The molecule has 0 amide bonds. The lowest BCUT2D eigenvalue weighted by atomic mass is 9.93. The van der Waals surface area contributed by atoms with Crippen LogP contribution in [0.2, 0.25) is 0 Å². The molecule has 3 fully saturated rings. The maximum absolute atomic E-state index is 6.12. The number of piperidine rings is 1. The Labute approximate surface area is 130 Å². The van der Waals surface area contributed by atoms with Crippen molar-refractivity contribution in [1.29, 1.82) is 0 Å². The highest BCUT2D eigenvalue weighted by Gasteiger charge is 2.34. The van der Waals surface area contributed by atoms with Crippen LogP contribution in [0.25, 0.3) is 0 Å². The van der Waals surface area contributed by atoms with Gasteiger partial charge in [-0.05, 0) is 51.2 Å². The molecule has 122 valence electrons. The van der Waals surface area contributed by atoms with Gasteiger partial charge in [-0.3, -0.25) is 4.90 Å². The van der Waals surface area contributed by atoms with Crippen molar-refractivity contribution in [2.45, 2.75) is 57.7 Å². The Balaban J connectivity index is 1.42. The number of ether oxygens (including phenoxy) is 1. The summed E-state index contributed by atoms with van der Waals surface area (Å²) in [5.74, 6) is 0.758. The molecule has 21 heavy (non-hydrogen) atoms. The van der Waals surface area contributed by atoms with Gasteiger partial charge < -0.3 is 15.0 Å². The molecule has 4 heteroatoms. The topological polar surface area (TPSA) is 27.7 Å². The third kappa shape index (κ3) is 3.98. The SMILES string of the molecule is CCCNC1CCN(CC2CN3CCCC3CO2)CC1C. The fourth-order valence-electron chi connectivity index (χ4n) is 4.31. The zero-order valence-electron chi connectivity index (χ0n) is 13.9. The number of nitrogens with zero attached hydrogens (tertiary/aromatic N) is 2. The second-order valence-electron chi connectivity index (χ2n) is 7.33. The lowest BCUT2D eigenvalue weighted by Crippen LogP contribution is -2.54. The summed E-state index contributed by atoms with van der Waals surface area (Å²) in [5.41, 5.74) is 0. The maximum Gasteiger partial charge on any atom is 0.0829 e. The standard InChI is InChI=1S/C17H33N3O/c1-3-7-18-17-6-9-19(10-14(17)2)11-16-12-20-8-4-5-15(20)13-21-16/h14-18H,3-13H2,1-2H3. The van der Waals surface area contributed by atoms with Gasteiger partial charge in [-0.25, -0.2) is 0 Å². The number of rotatable bonds is 5. The van der Waals surface area contributed by atoms with E-state index in [4.69, 9.17) is 4.74 Å². The van der Waals surface area contributed by atoms with Gasteiger partial charge in [0.15, 0.2) is 0 Å². The minimum Gasteiger partial charge on any atom is -0.374 e. The van der Waals surface area contributed by atoms with Crippen LogP contribution in [0.3, 0.4) is 0 Å². The van der Waals surface area contributed by atoms with Crippen molar-refractivity contribution >= 4 is 0 Å². The van der Waals surface area contributed by atoms with Gasteiger partial charge in [0.1, 0.15) is 0 Å². The fourth-order valence-corrected chi connectivity index (χ4v) is 4.31. The van der Waals surface area contributed by atoms with E-state index in [2.05, 4.69) is 29.0 Å². The number of hydrogen-bond donors (Lipinski definition) is 1. The van der Waals surface area contributed by atoms with E-state index in [0.29, 0.717) is 6.10 Å². The normalized spacial score (nSPS) is 38.6. The molecule has 0 bridgehead atoms. The lowest BCUT2D eigenvalue weighted by Gasteiger charge is -2.41. The summed E-state index contributed by atoms with van der Waals surface area (Å²) in [4.78, 5) is 5.29. The summed E-state index contributed by atoms with van der Waals surface area (Å²) in [5, 5.41) is 3.71. The van der Waals surface area contributed by atoms with Crippen LogP contribution in [-0.2, 0) is 4.74 Å². The summed E-state index contributed by atoms with van der Waals surface area (Å²) in [6, 6.07) is 1.44. The van der Waals surface area contributed by atoms with Gasteiger partial charge in [0.25, 0.3) is 0 Å². The fraction of sp³-hybridized carbons (Fsp3) is 1.00. The van der Waals surface area contributed by atoms with E-state index < -0.39 is 0 Å². The second kappa shape index (κ2) is 7.40. The average Bonchev–Trinajstić information content (AvgIpc) is 2.94. The Morgan fingerprint density at radius 1 is 1.19 bits per heavy atom. The van der Waals surface area contributed by atoms with Gasteiger partial charge in [0.2, 0.25) is 0 Å². The van der Waals surface area contributed by atoms with Crippen LogP contribution in [0.15, 0.2) is 0 Å². The third-order valence-electron chi connectivity index (χ3n) is 5.57. The van der Waals surface area contributed by atoms with Gasteiger partial charge in [0, 0.05) is 31.7 Å². The number of morpholine rings is 1. The van der Waals surface area contributed by atoms with Gasteiger partial charge in [0.05, 0.1) is 12.7 Å². The summed E-state index contributed by atoms with van der Waals surface area (Å²) in [7, 11) is 0. The van der Waals surface area contributed by atoms with Crippen molar-refractivity contribution in [3.63, 3.8) is 0 Å². The largest absolute Gasteiger partial charge is 0.374 e. The second-order valence-corrected chi connectivity index (χ2v) is 7.33. The molecule has 3 aliphatic heterocycles. The first-order valence-electron chi connectivity index (χ1n) is 9.07. The smallest absolute Gasteiger partial charge is 0.0829 e. The van der Waals surface area contributed by atoms with Crippen molar-refractivity contribution in [3.8, 4) is 0 Å². The van der Waals surface area contributed by atoms with E-state index in [0.717, 1.165) is 44.2 Å². The Bertz CT molecular complexity index is 325. The minimum absolute atomic E-state index is 0.437. The first kappa shape index (κ1) is 15.7. The Hall–Kier alpha value is -0.160. The molecule has 4 unspecified atom stereocenters. The van der Waals surface area contributed by atoms with Gasteiger partial charge in [-0.1, -0.05) is 13.8 Å². The van der Waals surface area contributed by atoms with Crippen molar-refractivity contribution < 1.29 is 4.74 Å². The predicted octanol–water partition coefficient (Wildman–Crippen LogP) is 1.56. The van der Waals surface area contributed by atoms with Crippen molar-refractivity contribution in [2.24, 2.45) is 5.92 Å². The monoisotopic (exact) mass is 295 g/mol. The molecular weight excluding hydrogens is 262 g/mol. The van der Waals surface area contributed by atoms with Crippen LogP contribution in [0, 0.1) is 5.92 Å². The van der Waals surface area contributed by atoms with Crippen LogP contribution in [0.5, 0.6) is 0 Å². The molecule has 1 N–H and O–H groups in total. The zero-order valence-corrected chi connectivity index (χ0v) is 13.9. The zero-order chi connectivity index (χ0) is 14.7. The van der Waals surface area contributed by atoms with Crippen LogP contribution in [0.1, 0.15) is 39.5 Å². The molecule has 0 aromatic rings. The Morgan fingerprint density at radius 3 is 2.90 bits per heavy atom. The van der Waals surface area contributed by atoms with E-state index in [1.165, 1.54) is 45.3 Å². The third-order valence-corrected chi connectivity index (χ3v) is 5.57. The average molecular weight is 295 g/mol. The van der Waals surface area contributed by atoms with Gasteiger partial charge >= 0.3 is 0 Å². The maximum atomic E-state index is 6.12. The van der Waals surface area contributed by atoms with E-state index >= 15 is 0 Å². The molecule has 3 aliphatic rings. The lowest BCUT2D eigenvalue weighted by molar-refractivity contribution is -0.0653. The number of likely N-dealkylation sites (tertiary alicyclic amines) is 1. The molecule has 0 spiro atoms. The highest BCUT2D eigenvalue weighted by molar-refractivity contribution is 4.88. The van der Waals surface area contributed by atoms with Crippen molar-refractivity contribution in [3.05, 3.63) is 0 Å². The molecule has 4 atom stereocenters. The van der Waals surface area contributed by atoms with E-state index in [9.17, 15) is 0 Å². The first-order valence-corrected chi connectivity index (χ1v) is 9.07. The first-order chi connectivity index (χ1) is 10.3. The molecule has 0 aromatic heterocycles. The number of nitrogens with one attached hydrogen (secondary N) is 1. The predicted molar refractivity (Wildman–Crippen MR) is 86.6 cm³/mol. The molecule has 0 saturated carbocycles. The molecule has 0 aliphatic carbocycles. The molecular formula is C17H33N3O. The van der Waals surface area contributed by atoms with Crippen molar-refractivity contribution in [1.82, 2.24) is 15.1 Å². The Kier molecular flexibility index (Phi) is 5.54. The molecule has 4 nitrogen and oxygen atoms in total. The van der Waals surface area contributed by atoms with Crippen LogP contribution >= 0.6 is 0 Å². The van der Waals surface area contributed by atoms with E-state index in [1.807, 2.05) is 0 Å². The molecule has 0 radical (unpaired) electrons. The number of fused-ring (bicyclic) bond motifs is 1. The molecule has 0 aromatic carbocycles. The van der Waals surface area contributed by atoms with Gasteiger partial charge in [-0.15, -0.1) is 0 Å². The van der Waals surface area contributed by atoms with E-state index in [1.54, 1.807) is 0 Å². The highest BCUT2D eigenvalue weighted by atomic mass is 16.5. The quantitative estimate of drug-likeness (QED) is 0.833. The Morgan fingerprint density at radius 2 is 2.10 bits per heavy atom.